The molecule has 0 unspecified atom stereocenters. The lowest BCUT2D eigenvalue weighted by atomic mass is 10.1. The molecule has 0 saturated carbocycles. The summed E-state index contributed by atoms with van der Waals surface area (Å²) in [4.78, 5) is 23.0. The zero-order valence-electron chi connectivity index (χ0n) is 21.8. The van der Waals surface area contributed by atoms with E-state index in [-0.39, 0.29) is 0 Å². The van der Waals surface area contributed by atoms with Crippen molar-refractivity contribution >= 4 is 44.9 Å². The predicted octanol–water partition coefficient (Wildman–Crippen LogP) is 5.22. The monoisotopic (exact) mass is 482 g/mol. The van der Waals surface area contributed by atoms with Crippen LogP contribution in [0.25, 0.3) is 33.2 Å². The van der Waals surface area contributed by atoms with Gasteiger partial charge in [-0.2, -0.15) is 4.98 Å². The van der Waals surface area contributed by atoms with E-state index in [0.717, 1.165) is 57.7 Å². The summed E-state index contributed by atoms with van der Waals surface area (Å²) in [5.74, 6) is 0.556. The lowest BCUT2D eigenvalue weighted by molar-refractivity contribution is 0.416. The number of aryl methyl sites for hydroxylation is 1. The first kappa shape index (κ1) is 23.7. The van der Waals surface area contributed by atoms with Crippen molar-refractivity contribution in [2.24, 2.45) is 0 Å². The standard InChI is InChI=1S/C28H34N8/c1-18-7-9-23-21(15-18)22(17-30-23)26-20-11-12-29-27(20)33-28(32-26)31-19-8-10-24(25(16-19)35(4)5)36(6)14-13-34(2)3/h7-12,15-17,30H,13-14H2,1-6H3,(H2,29,31,32,33). The molecular formula is C28H34N8. The van der Waals surface area contributed by atoms with Gasteiger partial charge in [0.1, 0.15) is 5.65 Å². The van der Waals surface area contributed by atoms with Crippen LogP contribution in [0.4, 0.5) is 23.0 Å². The molecule has 0 spiro atoms. The molecule has 5 aromatic rings. The van der Waals surface area contributed by atoms with Gasteiger partial charge in [-0.15, -0.1) is 0 Å². The van der Waals surface area contributed by atoms with Gasteiger partial charge in [-0.25, -0.2) is 4.98 Å². The smallest absolute Gasteiger partial charge is 0.229 e. The molecule has 0 radical (unpaired) electrons. The van der Waals surface area contributed by atoms with E-state index in [9.17, 15) is 0 Å². The van der Waals surface area contributed by atoms with Crippen molar-refractivity contribution < 1.29 is 0 Å². The Labute approximate surface area is 212 Å². The second-order valence-electron chi connectivity index (χ2n) is 9.83. The average molecular weight is 483 g/mol. The van der Waals surface area contributed by atoms with Crippen LogP contribution in [0.2, 0.25) is 0 Å². The molecule has 0 aliphatic carbocycles. The van der Waals surface area contributed by atoms with Gasteiger partial charge < -0.3 is 30.0 Å². The van der Waals surface area contributed by atoms with Gasteiger partial charge in [-0.05, 0) is 57.4 Å². The van der Waals surface area contributed by atoms with Gasteiger partial charge in [-0.1, -0.05) is 11.6 Å². The highest BCUT2D eigenvalue weighted by Crippen LogP contribution is 2.35. The molecule has 36 heavy (non-hydrogen) atoms. The van der Waals surface area contributed by atoms with E-state index in [4.69, 9.17) is 9.97 Å². The second-order valence-corrected chi connectivity index (χ2v) is 9.83. The third kappa shape index (κ3) is 4.59. The molecule has 0 aliphatic rings. The first-order valence-electron chi connectivity index (χ1n) is 12.2. The van der Waals surface area contributed by atoms with E-state index >= 15 is 0 Å². The van der Waals surface area contributed by atoms with Crippen molar-refractivity contribution in [1.29, 1.82) is 0 Å². The minimum Gasteiger partial charge on any atom is -0.376 e. The average Bonchev–Trinajstić information content (AvgIpc) is 3.48. The van der Waals surface area contributed by atoms with Crippen molar-refractivity contribution in [3.05, 3.63) is 60.4 Å². The van der Waals surface area contributed by atoms with Gasteiger partial charge in [0, 0.05) is 74.2 Å². The van der Waals surface area contributed by atoms with Gasteiger partial charge in [0.15, 0.2) is 0 Å². The molecule has 0 bridgehead atoms. The first-order chi connectivity index (χ1) is 17.3. The van der Waals surface area contributed by atoms with E-state index in [2.05, 4.69) is 109 Å². The highest BCUT2D eigenvalue weighted by atomic mass is 15.2. The Morgan fingerprint density at radius 2 is 1.67 bits per heavy atom. The SMILES string of the molecule is Cc1ccc2[nH]cc(-c3nc(Nc4ccc(N(C)CCN(C)C)c(N(C)C)c4)nc4[nH]ccc34)c2c1. The molecule has 8 heteroatoms. The zero-order chi connectivity index (χ0) is 25.4. The largest absolute Gasteiger partial charge is 0.376 e. The summed E-state index contributed by atoms with van der Waals surface area (Å²) in [6.45, 7) is 4.04. The molecule has 0 fully saturated rings. The fraction of sp³-hybridized carbons (Fsp3) is 0.286. The minimum atomic E-state index is 0.556. The van der Waals surface area contributed by atoms with E-state index in [1.807, 2.05) is 18.5 Å². The lowest BCUT2D eigenvalue weighted by Gasteiger charge is -2.27. The molecule has 5 rings (SSSR count). The number of benzene rings is 2. The van der Waals surface area contributed by atoms with Gasteiger partial charge in [0.25, 0.3) is 0 Å². The number of fused-ring (bicyclic) bond motifs is 2. The number of hydrogen-bond donors (Lipinski definition) is 3. The van der Waals surface area contributed by atoms with E-state index in [1.54, 1.807) is 0 Å². The van der Waals surface area contributed by atoms with Crippen LogP contribution < -0.4 is 15.1 Å². The van der Waals surface area contributed by atoms with Crippen LogP contribution in [-0.2, 0) is 0 Å². The van der Waals surface area contributed by atoms with Crippen molar-refractivity contribution in [1.82, 2.24) is 24.8 Å². The molecule has 0 saturated heterocycles. The Kier molecular flexibility index (Phi) is 6.28. The topological polar surface area (TPSA) is 79.1 Å². The maximum absolute atomic E-state index is 4.98. The van der Waals surface area contributed by atoms with Crippen LogP contribution in [0.3, 0.4) is 0 Å². The first-order valence-corrected chi connectivity index (χ1v) is 12.2. The van der Waals surface area contributed by atoms with Gasteiger partial charge in [0.05, 0.1) is 17.1 Å². The zero-order valence-corrected chi connectivity index (χ0v) is 21.8. The Morgan fingerprint density at radius 1 is 0.833 bits per heavy atom. The highest BCUT2D eigenvalue weighted by Gasteiger charge is 2.16. The molecule has 0 aliphatic heterocycles. The number of nitrogens with zero attached hydrogens (tertiary/aromatic N) is 5. The Morgan fingerprint density at radius 3 is 2.44 bits per heavy atom. The number of aromatic nitrogens is 4. The van der Waals surface area contributed by atoms with Crippen molar-refractivity contribution in [3.63, 3.8) is 0 Å². The normalized spacial score (nSPS) is 11.5. The van der Waals surface area contributed by atoms with E-state index in [1.165, 1.54) is 11.3 Å². The quantitative estimate of drug-likeness (QED) is 0.281. The van der Waals surface area contributed by atoms with Crippen LogP contribution in [-0.4, -0.2) is 73.2 Å². The summed E-state index contributed by atoms with van der Waals surface area (Å²) in [5, 5.41) is 5.60. The van der Waals surface area contributed by atoms with Gasteiger partial charge >= 0.3 is 0 Å². The van der Waals surface area contributed by atoms with Gasteiger partial charge in [-0.3, -0.25) is 0 Å². The van der Waals surface area contributed by atoms with Crippen LogP contribution >= 0.6 is 0 Å². The number of aromatic amines is 2. The van der Waals surface area contributed by atoms with Crippen molar-refractivity contribution in [2.45, 2.75) is 6.92 Å². The molecule has 3 aromatic heterocycles. The Balaban J connectivity index is 1.52. The lowest BCUT2D eigenvalue weighted by Crippen LogP contribution is -2.29. The molecule has 3 heterocycles. The maximum Gasteiger partial charge on any atom is 0.229 e. The van der Waals surface area contributed by atoms with Crippen molar-refractivity contribution in [2.75, 3.05) is 63.4 Å². The van der Waals surface area contributed by atoms with Crippen LogP contribution in [0, 0.1) is 6.92 Å². The highest BCUT2D eigenvalue weighted by molar-refractivity contribution is 6.02. The number of likely N-dealkylation sites (N-methyl/N-ethyl adjacent to an activating group) is 2. The van der Waals surface area contributed by atoms with E-state index < -0.39 is 0 Å². The Bertz CT molecular complexity index is 1510. The molecule has 0 atom stereocenters. The number of anilines is 4. The third-order valence-electron chi connectivity index (χ3n) is 6.52. The van der Waals surface area contributed by atoms with Crippen LogP contribution in [0.15, 0.2) is 54.9 Å². The van der Waals surface area contributed by atoms with Crippen LogP contribution in [0.5, 0.6) is 0 Å². The third-order valence-corrected chi connectivity index (χ3v) is 6.52. The van der Waals surface area contributed by atoms with Crippen molar-refractivity contribution in [3.8, 4) is 11.3 Å². The second kappa shape index (κ2) is 9.54. The summed E-state index contributed by atoms with van der Waals surface area (Å²) in [6.07, 6.45) is 3.94. The number of H-pyrrole nitrogens is 2. The minimum absolute atomic E-state index is 0.556. The molecule has 8 nitrogen and oxygen atoms in total. The predicted molar refractivity (Wildman–Crippen MR) is 152 cm³/mol. The molecule has 3 N–H and O–H groups in total. The number of hydrogen-bond acceptors (Lipinski definition) is 6. The molecule has 0 amide bonds. The maximum atomic E-state index is 4.98. The summed E-state index contributed by atoms with van der Waals surface area (Å²) < 4.78 is 0. The molecule has 186 valence electrons. The summed E-state index contributed by atoms with van der Waals surface area (Å²) in [7, 11) is 10.5. The Hall–Kier alpha value is -4.04. The van der Waals surface area contributed by atoms with Gasteiger partial charge in [0.2, 0.25) is 5.95 Å². The summed E-state index contributed by atoms with van der Waals surface area (Å²) in [5.41, 5.74) is 8.33. The molecular weight excluding hydrogens is 448 g/mol. The molecule has 2 aromatic carbocycles. The summed E-state index contributed by atoms with van der Waals surface area (Å²) >= 11 is 0. The van der Waals surface area contributed by atoms with Crippen LogP contribution in [0.1, 0.15) is 5.56 Å². The number of nitrogens with one attached hydrogen (secondary N) is 3. The van der Waals surface area contributed by atoms with E-state index in [0.29, 0.717) is 5.95 Å². The number of rotatable bonds is 8. The summed E-state index contributed by atoms with van der Waals surface area (Å²) in [6, 6.07) is 14.9. The fourth-order valence-corrected chi connectivity index (χ4v) is 4.51. The fourth-order valence-electron chi connectivity index (χ4n) is 4.51.